The molecule has 0 saturated heterocycles. The SMILES string of the molecule is CC(CNCc1ccc(C(=O)O)cc1)COCc1ccccc1. The fourth-order valence-electron chi connectivity index (χ4n) is 2.24. The number of hydrogen-bond acceptors (Lipinski definition) is 3. The van der Waals surface area contributed by atoms with Crippen molar-refractivity contribution in [3.8, 4) is 0 Å². The van der Waals surface area contributed by atoms with Crippen LogP contribution < -0.4 is 5.32 Å². The van der Waals surface area contributed by atoms with Crippen molar-refractivity contribution < 1.29 is 14.6 Å². The molecule has 2 N–H and O–H groups in total. The van der Waals surface area contributed by atoms with E-state index in [9.17, 15) is 4.79 Å². The van der Waals surface area contributed by atoms with Gasteiger partial charge in [-0.1, -0.05) is 49.4 Å². The Kier molecular flexibility index (Phi) is 6.78. The molecule has 122 valence electrons. The first-order valence-corrected chi connectivity index (χ1v) is 7.80. The molecule has 0 spiro atoms. The molecule has 0 saturated carbocycles. The van der Waals surface area contributed by atoms with Crippen LogP contribution in [0.5, 0.6) is 0 Å². The molecule has 0 bridgehead atoms. The zero-order chi connectivity index (χ0) is 16.5. The van der Waals surface area contributed by atoms with Crippen LogP contribution in [0, 0.1) is 5.92 Å². The molecule has 2 aromatic rings. The standard InChI is InChI=1S/C19H23NO3/c1-15(13-23-14-17-5-3-2-4-6-17)11-20-12-16-7-9-18(10-8-16)19(21)22/h2-10,15,20H,11-14H2,1H3,(H,21,22). The van der Waals surface area contributed by atoms with Gasteiger partial charge in [-0.3, -0.25) is 0 Å². The van der Waals surface area contributed by atoms with E-state index >= 15 is 0 Å². The average Bonchev–Trinajstić information content (AvgIpc) is 2.56. The third kappa shape index (κ3) is 6.22. The van der Waals surface area contributed by atoms with Crippen molar-refractivity contribution in [2.24, 2.45) is 5.92 Å². The Hall–Kier alpha value is -2.17. The summed E-state index contributed by atoms with van der Waals surface area (Å²) >= 11 is 0. The lowest BCUT2D eigenvalue weighted by Gasteiger charge is -2.13. The minimum Gasteiger partial charge on any atom is -0.478 e. The van der Waals surface area contributed by atoms with E-state index in [1.165, 1.54) is 5.56 Å². The van der Waals surface area contributed by atoms with Crippen LogP contribution in [0.25, 0.3) is 0 Å². The fraction of sp³-hybridized carbons (Fsp3) is 0.316. The Morgan fingerprint density at radius 1 is 1.09 bits per heavy atom. The molecule has 0 fully saturated rings. The predicted molar refractivity (Wildman–Crippen MR) is 90.4 cm³/mol. The minimum absolute atomic E-state index is 0.316. The van der Waals surface area contributed by atoms with Gasteiger partial charge in [0.2, 0.25) is 0 Å². The first-order valence-electron chi connectivity index (χ1n) is 7.80. The van der Waals surface area contributed by atoms with Gasteiger partial charge in [-0.25, -0.2) is 4.79 Å². The van der Waals surface area contributed by atoms with Gasteiger partial charge >= 0.3 is 5.97 Å². The first kappa shape index (κ1) is 17.2. The van der Waals surface area contributed by atoms with Gasteiger partial charge in [0.15, 0.2) is 0 Å². The lowest BCUT2D eigenvalue weighted by atomic mass is 10.1. The first-order chi connectivity index (χ1) is 11.1. The van der Waals surface area contributed by atoms with Gasteiger partial charge in [0, 0.05) is 13.1 Å². The molecule has 1 atom stereocenters. The third-order valence-electron chi connectivity index (χ3n) is 3.54. The average molecular weight is 313 g/mol. The van der Waals surface area contributed by atoms with Crippen LogP contribution in [0.1, 0.15) is 28.4 Å². The lowest BCUT2D eigenvalue weighted by molar-refractivity contribution is 0.0697. The maximum Gasteiger partial charge on any atom is 0.335 e. The van der Waals surface area contributed by atoms with E-state index in [4.69, 9.17) is 9.84 Å². The molecule has 0 heterocycles. The Bertz CT molecular complexity index is 596. The van der Waals surface area contributed by atoms with Gasteiger partial charge in [0.05, 0.1) is 18.8 Å². The summed E-state index contributed by atoms with van der Waals surface area (Å²) in [5.41, 5.74) is 2.58. The van der Waals surface area contributed by atoms with Crippen LogP contribution in [0.4, 0.5) is 0 Å². The molecule has 0 aliphatic heterocycles. The highest BCUT2D eigenvalue weighted by Crippen LogP contribution is 2.05. The summed E-state index contributed by atoms with van der Waals surface area (Å²) in [6, 6.07) is 17.1. The maximum atomic E-state index is 10.8. The Balaban J connectivity index is 1.62. The highest BCUT2D eigenvalue weighted by molar-refractivity contribution is 5.87. The van der Waals surface area contributed by atoms with E-state index in [-0.39, 0.29) is 0 Å². The van der Waals surface area contributed by atoms with Crippen molar-refractivity contribution in [1.29, 1.82) is 0 Å². The monoisotopic (exact) mass is 313 g/mol. The topological polar surface area (TPSA) is 58.6 Å². The number of nitrogens with one attached hydrogen (secondary N) is 1. The van der Waals surface area contributed by atoms with Crippen molar-refractivity contribution in [3.63, 3.8) is 0 Å². The minimum atomic E-state index is -0.895. The molecule has 2 aromatic carbocycles. The normalized spacial score (nSPS) is 12.0. The number of carboxylic acids is 1. The summed E-state index contributed by atoms with van der Waals surface area (Å²) in [6.45, 7) is 5.07. The van der Waals surface area contributed by atoms with E-state index in [1.54, 1.807) is 12.1 Å². The van der Waals surface area contributed by atoms with Crippen LogP contribution in [-0.4, -0.2) is 24.2 Å². The quantitative estimate of drug-likeness (QED) is 0.745. The molecular formula is C19H23NO3. The van der Waals surface area contributed by atoms with Gasteiger partial charge in [0.1, 0.15) is 0 Å². The molecule has 1 unspecified atom stereocenters. The van der Waals surface area contributed by atoms with Gasteiger partial charge < -0.3 is 15.2 Å². The van der Waals surface area contributed by atoms with Gasteiger partial charge in [-0.05, 0) is 29.2 Å². The number of ether oxygens (including phenoxy) is 1. The number of aromatic carboxylic acids is 1. The maximum absolute atomic E-state index is 10.8. The van der Waals surface area contributed by atoms with Crippen LogP contribution in [0.3, 0.4) is 0 Å². The Morgan fingerprint density at radius 3 is 2.43 bits per heavy atom. The smallest absolute Gasteiger partial charge is 0.335 e. The van der Waals surface area contributed by atoms with Crippen molar-refractivity contribution in [2.75, 3.05) is 13.2 Å². The second kappa shape index (κ2) is 9.08. The van der Waals surface area contributed by atoms with E-state index in [0.717, 1.165) is 18.7 Å². The summed E-state index contributed by atoms with van der Waals surface area (Å²) < 4.78 is 5.72. The summed E-state index contributed by atoms with van der Waals surface area (Å²) in [4.78, 5) is 10.8. The summed E-state index contributed by atoms with van der Waals surface area (Å²) in [7, 11) is 0. The second-order valence-electron chi connectivity index (χ2n) is 5.74. The summed E-state index contributed by atoms with van der Waals surface area (Å²) in [5, 5.41) is 12.2. The fourth-order valence-corrected chi connectivity index (χ4v) is 2.24. The zero-order valence-corrected chi connectivity index (χ0v) is 13.4. The van der Waals surface area contributed by atoms with Crippen molar-refractivity contribution >= 4 is 5.97 Å². The number of carbonyl (C=O) groups is 1. The van der Waals surface area contributed by atoms with E-state index < -0.39 is 5.97 Å². The molecule has 4 nitrogen and oxygen atoms in total. The molecule has 2 rings (SSSR count). The summed E-state index contributed by atoms with van der Waals surface area (Å²) in [5.74, 6) is -0.481. The number of carboxylic acid groups (broad SMARTS) is 1. The third-order valence-corrected chi connectivity index (χ3v) is 3.54. The summed E-state index contributed by atoms with van der Waals surface area (Å²) in [6.07, 6.45) is 0. The van der Waals surface area contributed by atoms with Crippen molar-refractivity contribution in [2.45, 2.75) is 20.1 Å². The van der Waals surface area contributed by atoms with Crippen LogP contribution >= 0.6 is 0 Å². The van der Waals surface area contributed by atoms with Gasteiger partial charge in [-0.15, -0.1) is 0 Å². The zero-order valence-electron chi connectivity index (χ0n) is 13.4. The van der Waals surface area contributed by atoms with Crippen LogP contribution in [-0.2, 0) is 17.9 Å². The predicted octanol–water partition coefficient (Wildman–Crippen LogP) is 3.33. The highest BCUT2D eigenvalue weighted by atomic mass is 16.5. The molecular weight excluding hydrogens is 290 g/mol. The van der Waals surface area contributed by atoms with Crippen molar-refractivity contribution in [3.05, 3.63) is 71.3 Å². The van der Waals surface area contributed by atoms with Crippen molar-refractivity contribution in [1.82, 2.24) is 5.32 Å². The highest BCUT2D eigenvalue weighted by Gasteiger charge is 2.04. The number of hydrogen-bond donors (Lipinski definition) is 2. The molecule has 23 heavy (non-hydrogen) atoms. The molecule has 0 aliphatic rings. The second-order valence-corrected chi connectivity index (χ2v) is 5.74. The van der Waals surface area contributed by atoms with Crippen LogP contribution in [0.2, 0.25) is 0 Å². The molecule has 0 amide bonds. The number of benzene rings is 2. The molecule has 0 aliphatic carbocycles. The van der Waals surface area contributed by atoms with E-state index in [2.05, 4.69) is 24.4 Å². The van der Waals surface area contributed by atoms with Gasteiger partial charge in [0.25, 0.3) is 0 Å². The van der Waals surface area contributed by atoms with Gasteiger partial charge in [-0.2, -0.15) is 0 Å². The Morgan fingerprint density at radius 2 is 1.78 bits per heavy atom. The lowest BCUT2D eigenvalue weighted by Crippen LogP contribution is -2.23. The van der Waals surface area contributed by atoms with E-state index in [1.807, 2.05) is 30.3 Å². The number of rotatable bonds is 9. The van der Waals surface area contributed by atoms with E-state index in [0.29, 0.717) is 24.7 Å². The largest absolute Gasteiger partial charge is 0.478 e. The molecule has 0 aromatic heterocycles. The van der Waals surface area contributed by atoms with Crippen LogP contribution in [0.15, 0.2) is 54.6 Å². The molecule has 0 radical (unpaired) electrons. The Labute approximate surface area is 137 Å². The molecule has 4 heteroatoms.